The Labute approximate surface area is 227 Å². The molecule has 2 saturated heterocycles. The Morgan fingerprint density at radius 1 is 1.05 bits per heavy atom. The summed E-state index contributed by atoms with van der Waals surface area (Å²) in [5.41, 5.74) is 1.52. The van der Waals surface area contributed by atoms with Gasteiger partial charge in [0.05, 0.1) is 34.0 Å². The molecule has 4 aromatic rings. The van der Waals surface area contributed by atoms with Gasteiger partial charge < -0.3 is 28.9 Å². The molecule has 0 amide bonds. The molecule has 9 nitrogen and oxygen atoms in total. The molecule has 2 fully saturated rings. The smallest absolute Gasteiger partial charge is 0.341 e. The molecular formula is C28H27FN4O5S. The van der Waals surface area contributed by atoms with Crippen molar-refractivity contribution in [2.75, 3.05) is 50.2 Å². The van der Waals surface area contributed by atoms with E-state index in [1.165, 1.54) is 29.7 Å². The monoisotopic (exact) mass is 550 g/mol. The van der Waals surface area contributed by atoms with Crippen molar-refractivity contribution < 1.29 is 23.8 Å². The van der Waals surface area contributed by atoms with Crippen molar-refractivity contribution in [1.29, 1.82) is 0 Å². The third kappa shape index (κ3) is 4.56. The Balaban J connectivity index is 1.46. The molecule has 0 aliphatic carbocycles. The van der Waals surface area contributed by atoms with Gasteiger partial charge in [-0.1, -0.05) is 23.5 Å². The number of aromatic nitrogens is 2. The number of thiazole rings is 1. The van der Waals surface area contributed by atoms with Crippen molar-refractivity contribution in [3.05, 3.63) is 70.3 Å². The number of hydrogen-bond donors (Lipinski definition) is 1. The fourth-order valence-corrected chi connectivity index (χ4v) is 6.18. The SMILES string of the molecule is COC1CN(c2nc3c(-n4cc(C(=O)O)c(=O)cc4-c4ccc(N5CC[C@@H](OC)C5)c(F)c4)cccc3s2)C1. The van der Waals surface area contributed by atoms with Gasteiger partial charge in [-0.25, -0.2) is 14.2 Å². The van der Waals surface area contributed by atoms with Crippen molar-refractivity contribution in [2.45, 2.75) is 18.6 Å². The van der Waals surface area contributed by atoms with Crippen LogP contribution >= 0.6 is 11.3 Å². The van der Waals surface area contributed by atoms with Gasteiger partial charge in [-0.2, -0.15) is 0 Å². The largest absolute Gasteiger partial charge is 0.477 e. The van der Waals surface area contributed by atoms with E-state index in [9.17, 15) is 14.7 Å². The number of carbonyl (C=O) groups is 1. The normalized spacial score (nSPS) is 17.7. The minimum Gasteiger partial charge on any atom is -0.477 e. The van der Waals surface area contributed by atoms with Gasteiger partial charge in [0.2, 0.25) is 0 Å². The number of carboxylic acids is 1. The first-order valence-corrected chi connectivity index (χ1v) is 13.4. The first-order chi connectivity index (χ1) is 18.9. The number of pyridine rings is 1. The van der Waals surface area contributed by atoms with Gasteiger partial charge in [-0.3, -0.25) is 4.79 Å². The molecular weight excluding hydrogens is 523 g/mol. The third-order valence-electron chi connectivity index (χ3n) is 7.44. The van der Waals surface area contributed by atoms with Crippen LogP contribution in [0.5, 0.6) is 0 Å². The molecule has 2 aliphatic rings. The quantitative estimate of drug-likeness (QED) is 0.369. The van der Waals surface area contributed by atoms with Gasteiger partial charge in [0.1, 0.15) is 16.9 Å². The van der Waals surface area contributed by atoms with Crippen LogP contribution in [0.3, 0.4) is 0 Å². The van der Waals surface area contributed by atoms with E-state index in [0.717, 1.165) is 29.3 Å². The standard InChI is InChI=1S/C28H27FN4O5S/c1-37-17-8-9-31(12-17)21-7-6-16(10-20(21)29)23-11-24(34)19(27(35)36)15-33(23)22-4-3-5-25-26(22)30-28(39-25)32-13-18(14-32)38-2/h3-7,10-11,15,17-18H,8-9,12-14H2,1-2H3,(H,35,36)/t17-/m1/s1. The number of hydrogen-bond acceptors (Lipinski definition) is 8. The van der Waals surface area contributed by atoms with E-state index in [1.54, 1.807) is 30.9 Å². The number of methoxy groups -OCH3 is 2. The van der Waals surface area contributed by atoms with Crippen LogP contribution in [-0.2, 0) is 9.47 Å². The number of nitrogens with zero attached hydrogens (tertiary/aromatic N) is 4. The van der Waals surface area contributed by atoms with Crippen molar-refractivity contribution in [3.63, 3.8) is 0 Å². The van der Waals surface area contributed by atoms with E-state index in [4.69, 9.17) is 14.5 Å². The Bertz CT molecular complexity index is 1630. The Kier molecular flexibility index (Phi) is 6.57. The topological polar surface area (TPSA) is 97.1 Å². The summed E-state index contributed by atoms with van der Waals surface area (Å²) < 4.78 is 28.8. The Morgan fingerprint density at radius 2 is 1.82 bits per heavy atom. The van der Waals surface area contributed by atoms with Gasteiger partial charge in [0, 0.05) is 58.2 Å². The van der Waals surface area contributed by atoms with Crippen molar-refractivity contribution >= 4 is 38.3 Å². The van der Waals surface area contributed by atoms with Crippen LogP contribution in [0.15, 0.2) is 53.5 Å². The van der Waals surface area contributed by atoms with Crippen LogP contribution in [0.2, 0.25) is 0 Å². The number of para-hydroxylation sites is 1. The average molecular weight is 551 g/mol. The second kappa shape index (κ2) is 10.1. The number of rotatable bonds is 7. The molecule has 39 heavy (non-hydrogen) atoms. The lowest BCUT2D eigenvalue weighted by Gasteiger charge is -2.37. The van der Waals surface area contributed by atoms with Gasteiger partial charge in [-0.15, -0.1) is 0 Å². The summed E-state index contributed by atoms with van der Waals surface area (Å²) >= 11 is 1.53. The summed E-state index contributed by atoms with van der Waals surface area (Å²) in [6.07, 6.45) is 2.34. The molecule has 1 N–H and O–H groups in total. The highest BCUT2D eigenvalue weighted by Gasteiger charge is 2.29. The second-order valence-electron chi connectivity index (χ2n) is 9.75. The van der Waals surface area contributed by atoms with Gasteiger partial charge in [0.15, 0.2) is 10.6 Å². The van der Waals surface area contributed by atoms with Crippen LogP contribution in [0.4, 0.5) is 15.2 Å². The first-order valence-electron chi connectivity index (χ1n) is 12.6. The molecule has 11 heteroatoms. The molecule has 1 atom stereocenters. The number of benzene rings is 2. The predicted octanol–water partition coefficient (Wildman–Crippen LogP) is 4.01. The highest BCUT2D eigenvalue weighted by atomic mass is 32.1. The van der Waals surface area contributed by atoms with Gasteiger partial charge in [0.25, 0.3) is 0 Å². The zero-order valence-electron chi connectivity index (χ0n) is 21.5. The average Bonchev–Trinajstić information content (AvgIpc) is 3.55. The number of fused-ring (bicyclic) bond motifs is 1. The summed E-state index contributed by atoms with van der Waals surface area (Å²) in [7, 11) is 3.34. The lowest BCUT2D eigenvalue weighted by atomic mass is 10.1. The molecule has 0 unspecified atom stereocenters. The highest BCUT2D eigenvalue weighted by Crippen LogP contribution is 2.36. The van der Waals surface area contributed by atoms with E-state index < -0.39 is 17.2 Å². The Hall–Kier alpha value is -3.80. The van der Waals surface area contributed by atoms with E-state index in [1.807, 2.05) is 23.1 Å². The fourth-order valence-electron chi connectivity index (χ4n) is 5.17. The number of carboxylic acid groups (broad SMARTS) is 1. The molecule has 6 rings (SSSR count). The molecule has 2 aromatic heterocycles. The molecule has 202 valence electrons. The Morgan fingerprint density at radius 3 is 2.51 bits per heavy atom. The number of ether oxygens (including phenoxy) is 2. The van der Waals surface area contributed by atoms with Crippen molar-refractivity contribution in [3.8, 4) is 16.9 Å². The van der Waals surface area contributed by atoms with Crippen LogP contribution in [-0.4, -0.2) is 73.2 Å². The summed E-state index contributed by atoms with van der Waals surface area (Å²) in [5, 5.41) is 10.5. The maximum atomic E-state index is 15.4. The van der Waals surface area contributed by atoms with Gasteiger partial charge in [-0.05, 0) is 30.7 Å². The second-order valence-corrected chi connectivity index (χ2v) is 10.8. The van der Waals surface area contributed by atoms with Crippen molar-refractivity contribution in [2.24, 2.45) is 0 Å². The summed E-state index contributed by atoms with van der Waals surface area (Å²) in [6.45, 7) is 2.77. The zero-order valence-corrected chi connectivity index (χ0v) is 22.3. The lowest BCUT2D eigenvalue weighted by Crippen LogP contribution is -2.51. The molecule has 4 heterocycles. The fraction of sp³-hybridized carbons (Fsp3) is 0.321. The maximum Gasteiger partial charge on any atom is 0.341 e. The predicted molar refractivity (Wildman–Crippen MR) is 148 cm³/mol. The summed E-state index contributed by atoms with van der Waals surface area (Å²) in [6, 6.07) is 11.7. The minimum atomic E-state index is -1.33. The van der Waals surface area contributed by atoms with E-state index in [-0.39, 0.29) is 17.8 Å². The van der Waals surface area contributed by atoms with Crippen LogP contribution in [0.1, 0.15) is 16.8 Å². The van der Waals surface area contributed by atoms with E-state index in [0.29, 0.717) is 41.2 Å². The maximum absolute atomic E-state index is 15.4. The number of halogens is 1. The highest BCUT2D eigenvalue weighted by molar-refractivity contribution is 7.22. The van der Waals surface area contributed by atoms with Crippen LogP contribution in [0.25, 0.3) is 27.2 Å². The molecule has 0 radical (unpaired) electrons. The molecule has 2 aliphatic heterocycles. The molecule has 0 spiro atoms. The zero-order chi connectivity index (χ0) is 27.3. The molecule has 0 bridgehead atoms. The minimum absolute atomic E-state index is 0.0537. The molecule has 2 aromatic carbocycles. The van der Waals surface area contributed by atoms with Crippen LogP contribution in [0, 0.1) is 5.82 Å². The third-order valence-corrected chi connectivity index (χ3v) is 8.52. The molecule has 0 saturated carbocycles. The summed E-state index contributed by atoms with van der Waals surface area (Å²) in [5.74, 6) is -1.76. The van der Waals surface area contributed by atoms with Gasteiger partial charge >= 0.3 is 5.97 Å². The number of anilines is 2. The van der Waals surface area contributed by atoms with Crippen molar-refractivity contribution in [1.82, 2.24) is 9.55 Å². The van der Waals surface area contributed by atoms with E-state index >= 15 is 4.39 Å². The number of aromatic carboxylic acids is 1. The first kappa shape index (κ1) is 25.5. The van der Waals surface area contributed by atoms with Crippen LogP contribution < -0.4 is 15.2 Å². The summed E-state index contributed by atoms with van der Waals surface area (Å²) in [4.78, 5) is 33.6. The van der Waals surface area contributed by atoms with E-state index in [2.05, 4.69) is 4.90 Å². The lowest BCUT2D eigenvalue weighted by molar-refractivity contribution is 0.0694.